The highest BCUT2D eigenvalue weighted by molar-refractivity contribution is 9.10. The summed E-state index contributed by atoms with van der Waals surface area (Å²) >= 11 is 26.4. The first-order chi connectivity index (χ1) is 14.4. The van der Waals surface area contributed by atoms with Gasteiger partial charge in [0.15, 0.2) is 0 Å². The molecule has 2 rings (SSSR count). The van der Waals surface area contributed by atoms with Gasteiger partial charge in [-0.3, -0.25) is 0 Å². The Bertz CT molecular complexity index is 995. The summed E-state index contributed by atoms with van der Waals surface area (Å²) in [5.41, 5.74) is -0.311. The summed E-state index contributed by atoms with van der Waals surface area (Å²) in [6.45, 7) is 0. The standard InChI is InChI=1S/C10H6Cl4O4.C8H5BrO4/c1-17-9(15)3-5(11)7(13)4(10(16)18-2)8(14)6(3)12;9-6-3-4(7(10)11)1-2-5(6)8(12)13/h1-2H3;1-3H,(H,10,11)(H,12,13). The number of rotatable bonds is 4. The van der Waals surface area contributed by atoms with E-state index in [1.165, 1.54) is 18.2 Å². The highest BCUT2D eigenvalue weighted by Gasteiger charge is 2.28. The van der Waals surface area contributed by atoms with Crippen LogP contribution in [0.1, 0.15) is 41.4 Å². The van der Waals surface area contributed by atoms with Gasteiger partial charge in [-0.2, -0.15) is 0 Å². The van der Waals surface area contributed by atoms with Crippen LogP contribution in [-0.4, -0.2) is 48.3 Å². The number of ether oxygens (including phenoxy) is 2. The molecular formula is C18H11BrCl4O8. The maximum atomic E-state index is 11.5. The highest BCUT2D eigenvalue weighted by atomic mass is 79.9. The zero-order valence-electron chi connectivity index (χ0n) is 15.5. The summed E-state index contributed by atoms with van der Waals surface area (Å²) in [5, 5.41) is 16.3. The Hall–Kier alpha value is -2.04. The minimum absolute atomic E-state index is 0.0463. The Balaban J connectivity index is 0.000000327. The van der Waals surface area contributed by atoms with Crippen molar-refractivity contribution in [3.05, 3.63) is 65.0 Å². The highest BCUT2D eigenvalue weighted by Crippen LogP contribution is 2.41. The van der Waals surface area contributed by atoms with Gasteiger partial charge in [0.2, 0.25) is 0 Å². The molecule has 2 aromatic carbocycles. The van der Waals surface area contributed by atoms with E-state index >= 15 is 0 Å². The molecule has 2 N–H and O–H groups in total. The van der Waals surface area contributed by atoms with E-state index in [9.17, 15) is 19.2 Å². The molecule has 0 aromatic heterocycles. The average molecular weight is 577 g/mol. The monoisotopic (exact) mass is 574 g/mol. The second-order valence-electron chi connectivity index (χ2n) is 5.29. The van der Waals surface area contributed by atoms with Gasteiger partial charge in [0.25, 0.3) is 0 Å². The molecule has 0 heterocycles. The van der Waals surface area contributed by atoms with Gasteiger partial charge in [0, 0.05) is 4.47 Å². The summed E-state index contributed by atoms with van der Waals surface area (Å²) in [6.07, 6.45) is 0. The maximum Gasteiger partial charge on any atom is 0.341 e. The zero-order chi connectivity index (χ0) is 24.0. The topological polar surface area (TPSA) is 127 Å². The van der Waals surface area contributed by atoms with Gasteiger partial charge in [-0.15, -0.1) is 0 Å². The molecule has 0 aliphatic carbocycles. The van der Waals surface area contributed by atoms with Crippen LogP contribution in [0, 0.1) is 0 Å². The number of hydrogen-bond donors (Lipinski definition) is 2. The molecule has 0 aliphatic rings. The second-order valence-corrected chi connectivity index (χ2v) is 7.66. The molecule has 0 unspecified atom stereocenters. The summed E-state index contributed by atoms with van der Waals surface area (Å²) in [5.74, 6) is -3.81. The lowest BCUT2D eigenvalue weighted by Crippen LogP contribution is -2.09. The van der Waals surface area contributed by atoms with Crippen molar-refractivity contribution in [2.75, 3.05) is 14.2 Å². The van der Waals surface area contributed by atoms with Gasteiger partial charge in [0.1, 0.15) is 0 Å². The lowest BCUT2D eigenvalue weighted by atomic mass is 10.1. The number of carboxylic acid groups (broad SMARTS) is 2. The number of hydrogen-bond acceptors (Lipinski definition) is 6. The van der Waals surface area contributed by atoms with Crippen molar-refractivity contribution >= 4 is 86.2 Å². The lowest BCUT2D eigenvalue weighted by molar-refractivity contribution is 0.0587. The smallest absolute Gasteiger partial charge is 0.341 e. The molecule has 0 atom stereocenters. The molecule has 0 amide bonds. The fraction of sp³-hybridized carbons (Fsp3) is 0.111. The van der Waals surface area contributed by atoms with Gasteiger partial charge in [-0.1, -0.05) is 46.4 Å². The van der Waals surface area contributed by atoms with Gasteiger partial charge in [-0.25, -0.2) is 19.2 Å². The Kier molecular flexibility index (Phi) is 10.1. The largest absolute Gasteiger partial charge is 0.478 e. The van der Waals surface area contributed by atoms with Crippen LogP contribution in [0.2, 0.25) is 20.1 Å². The third-order valence-corrected chi connectivity index (χ3v) is 5.85. The van der Waals surface area contributed by atoms with Crippen LogP contribution in [-0.2, 0) is 9.47 Å². The molecule has 2 aromatic rings. The minimum atomic E-state index is -1.09. The first-order valence-electron chi connectivity index (χ1n) is 7.67. The van der Waals surface area contributed by atoms with E-state index in [-0.39, 0.29) is 46.8 Å². The fourth-order valence-electron chi connectivity index (χ4n) is 2.02. The SMILES string of the molecule is COC(=O)c1c(Cl)c(Cl)c(C(=O)OC)c(Cl)c1Cl.O=C(O)c1ccc(C(=O)O)c(Br)c1. The van der Waals surface area contributed by atoms with Gasteiger partial charge in [-0.05, 0) is 34.1 Å². The van der Waals surface area contributed by atoms with E-state index in [0.29, 0.717) is 0 Å². The molecule has 0 fully saturated rings. The number of aromatic carboxylic acids is 2. The van der Waals surface area contributed by atoms with E-state index in [1.807, 2.05) is 0 Å². The molecule has 0 saturated carbocycles. The summed E-state index contributed by atoms with van der Waals surface area (Å²) < 4.78 is 9.25. The third-order valence-electron chi connectivity index (χ3n) is 3.49. The third kappa shape index (κ3) is 6.24. The van der Waals surface area contributed by atoms with Gasteiger partial charge in [0.05, 0.1) is 56.6 Å². The van der Waals surface area contributed by atoms with E-state index < -0.39 is 23.9 Å². The van der Waals surface area contributed by atoms with E-state index in [0.717, 1.165) is 14.2 Å². The van der Waals surface area contributed by atoms with Crippen molar-refractivity contribution in [3.8, 4) is 0 Å². The van der Waals surface area contributed by atoms with Gasteiger partial charge >= 0.3 is 23.9 Å². The molecular weight excluding hydrogens is 566 g/mol. The number of carbonyl (C=O) groups is 4. The van der Waals surface area contributed by atoms with Crippen molar-refractivity contribution in [1.29, 1.82) is 0 Å². The van der Waals surface area contributed by atoms with E-state index in [2.05, 4.69) is 25.4 Å². The quantitative estimate of drug-likeness (QED) is 0.349. The molecule has 0 spiro atoms. The van der Waals surface area contributed by atoms with Gasteiger partial charge < -0.3 is 19.7 Å². The molecule has 8 nitrogen and oxygen atoms in total. The van der Waals surface area contributed by atoms with Crippen molar-refractivity contribution in [2.45, 2.75) is 0 Å². The Morgan fingerprint density at radius 3 is 1.42 bits per heavy atom. The van der Waals surface area contributed by atoms with Crippen LogP contribution >= 0.6 is 62.3 Å². The molecule has 0 saturated heterocycles. The minimum Gasteiger partial charge on any atom is -0.478 e. The average Bonchev–Trinajstić information content (AvgIpc) is 2.72. The number of carboxylic acids is 2. The van der Waals surface area contributed by atoms with E-state index in [1.54, 1.807) is 0 Å². The Morgan fingerprint density at radius 1 is 0.774 bits per heavy atom. The fourth-order valence-corrected chi connectivity index (χ4v) is 3.73. The summed E-state index contributed by atoms with van der Waals surface area (Å²) in [7, 11) is 2.29. The summed E-state index contributed by atoms with van der Waals surface area (Å²) in [6, 6.07) is 3.75. The number of halogens is 5. The normalized spacial score (nSPS) is 9.90. The first-order valence-corrected chi connectivity index (χ1v) is 9.98. The molecule has 0 radical (unpaired) electrons. The van der Waals surface area contributed by atoms with Crippen LogP contribution in [0.3, 0.4) is 0 Å². The number of benzene rings is 2. The Morgan fingerprint density at radius 2 is 1.16 bits per heavy atom. The molecule has 0 aliphatic heterocycles. The number of esters is 2. The van der Waals surface area contributed by atoms with Crippen molar-refractivity contribution in [2.24, 2.45) is 0 Å². The first kappa shape index (κ1) is 27.0. The molecule has 31 heavy (non-hydrogen) atoms. The predicted octanol–water partition coefficient (Wildman–Crippen LogP) is 5.72. The van der Waals surface area contributed by atoms with Crippen molar-refractivity contribution in [3.63, 3.8) is 0 Å². The van der Waals surface area contributed by atoms with Crippen molar-refractivity contribution in [1.82, 2.24) is 0 Å². The molecule has 166 valence electrons. The van der Waals surface area contributed by atoms with E-state index in [4.69, 9.17) is 56.6 Å². The Labute approximate surface area is 203 Å². The summed E-state index contributed by atoms with van der Waals surface area (Å²) in [4.78, 5) is 44.0. The van der Waals surface area contributed by atoms with Crippen LogP contribution in [0.25, 0.3) is 0 Å². The second kappa shape index (κ2) is 11.5. The molecule has 13 heteroatoms. The van der Waals surface area contributed by atoms with Crippen LogP contribution in [0.5, 0.6) is 0 Å². The van der Waals surface area contributed by atoms with Crippen LogP contribution < -0.4 is 0 Å². The van der Waals surface area contributed by atoms with Crippen molar-refractivity contribution < 1.29 is 38.9 Å². The zero-order valence-corrected chi connectivity index (χ0v) is 20.1. The maximum absolute atomic E-state index is 11.5. The molecule has 0 bridgehead atoms. The lowest BCUT2D eigenvalue weighted by Gasteiger charge is -2.12. The predicted molar refractivity (Wildman–Crippen MR) is 117 cm³/mol. The number of carbonyl (C=O) groups excluding carboxylic acids is 2. The van der Waals surface area contributed by atoms with Crippen LogP contribution in [0.15, 0.2) is 22.7 Å². The van der Waals surface area contributed by atoms with Crippen LogP contribution in [0.4, 0.5) is 0 Å². The number of methoxy groups -OCH3 is 2.